The van der Waals surface area contributed by atoms with Crippen molar-refractivity contribution < 1.29 is 34.0 Å². The number of amides is 2. The molecule has 1 heterocycles. The van der Waals surface area contributed by atoms with Crippen molar-refractivity contribution in [1.82, 2.24) is 10.2 Å². The van der Waals surface area contributed by atoms with Crippen molar-refractivity contribution in [3.63, 3.8) is 0 Å². The molecule has 1 aliphatic rings. The molecule has 3 unspecified atom stereocenters. The molecule has 0 spiro atoms. The molecule has 1 saturated heterocycles. The summed E-state index contributed by atoms with van der Waals surface area (Å²) in [6.45, 7) is 11.1. The average molecular weight is 571 g/mol. The third-order valence-electron chi connectivity index (χ3n) is 7.69. The number of hydrogen-bond donors (Lipinski definition) is 3. The normalized spacial score (nSPS) is 18.3. The second-order valence-corrected chi connectivity index (χ2v) is 10.6. The lowest BCUT2D eigenvalue weighted by molar-refractivity contribution is -0.147. The largest absolute Gasteiger partial charge is 0.493 e. The second kappa shape index (κ2) is 15.6. The number of aliphatic hydroxyl groups is 1. The van der Waals surface area contributed by atoms with E-state index in [1.807, 2.05) is 52.0 Å². The fourth-order valence-corrected chi connectivity index (χ4v) is 5.50. The van der Waals surface area contributed by atoms with Crippen LogP contribution in [0.2, 0.25) is 0 Å². The maximum atomic E-state index is 13.8. The summed E-state index contributed by atoms with van der Waals surface area (Å²) < 4.78 is 17.3. The minimum absolute atomic E-state index is 0.0717. The highest BCUT2D eigenvalue weighted by Crippen LogP contribution is 2.42. The highest BCUT2D eigenvalue weighted by atomic mass is 16.5. The van der Waals surface area contributed by atoms with E-state index in [1.165, 1.54) is 5.56 Å². The number of carbonyl (C=O) groups is 2. The molecule has 0 aliphatic carbocycles. The predicted molar refractivity (Wildman–Crippen MR) is 158 cm³/mol. The van der Waals surface area contributed by atoms with Crippen LogP contribution < -0.4 is 14.8 Å². The van der Waals surface area contributed by atoms with Crippen molar-refractivity contribution in [3.05, 3.63) is 58.7 Å². The van der Waals surface area contributed by atoms with Crippen LogP contribution >= 0.6 is 0 Å². The first kappa shape index (κ1) is 32.2. The van der Waals surface area contributed by atoms with Gasteiger partial charge in [0.25, 0.3) is 0 Å². The fourth-order valence-electron chi connectivity index (χ4n) is 5.50. The van der Waals surface area contributed by atoms with E-state index in [-0.39, 0.29) is 18.7 Å². The Kier molecular flexibility index (Phi) is 12.3. The van der Waals surface area contributed by atoms with Crippen LogP contribution in [-0.4, -0.2) is 66.1 Å². The zero-order valence-electron chi connectivity index (χ0n) is 25.0. The Labute approximate surface area is 243 Å². The lowest BCUT2D eigenvalue weighted by Crippen LogP contribution is -2.53. The Bertz CT molecular complexity index is 1140. The van der Waals surface area contributed by atoms with Gasteiger partial charge in [0, 0.05) is 19.2 Å². The van der Waals surface area contributed by atoms with Gasteiger partial charge in [-0.1, -0.05) is 30.3 Å². The number of aliphatic hydroxyl groups excluding tert-OH is 1. The smallest absolute Gasteiger partial charge is 0.318 e. The van der Waals surface area contributed by atoms with Gasteiger partial charge in [-0.3, -0.25) is 4.79 Å². The molecule has 2 aromatic rings. The minimum atomic E-state index is -0.982. The average Bonchev–Trinajstić information content (AvgIpc) is 2.95. The molecule has 1 aliphatic heterocycles. The molecule has 2 aromatic carbocycles. The first-order valence-electron chi connectivity index (χ1n) is 14.7. The molecular formula is C32H46N2O7. The van der Waals surface area contributed by atoms with Gasteiger partial charge in [-0.15, -0.1) is 0 Å². The van der Waals surface area contributed by atoms with Gasteiger partial charge in [-0.25, -0.2) is 4.79 Å². The number of nitrogens with one attached hydrogen (secondary N) is 1. The maximum absolute atomic E-state index is 13.8. The molecule has 0 bridgehead atoms. The molecule has 3 N–H and O–H groups in total. The van der Waals surface area contributed by atoms with Gasteiger partial charge in [0.1, 0.15) is 17.4 Å². The van der Waals surface area contributed by atoms with E-state index in [9.17, 15) is 19.8 Å². The van der Waals surface area contributed by atoms with E-state index < -0.39 is 24.0 Å². The van der Waals surface area contributed by atoms with E-state index in [1.54, 1.807) is 11.8 Å². The Balaban J connectivity index is 1.93. The third kappa shape index (κ3) is 8.36. The van der Waals surface area contributed by atoms with Crippen LogP contribution in [0.1, 0.15) is 81.4 Å². The quantitative estimate of drug-likeness (QED) is 0.259. The van der Waals surface area contributed by atoms with Gasteiger partial charge < -0.3 is 34.6 Å². The monoisotopic (exact) mass is 570 g/mol. The Hall–Kier alpha value is -3.30. The van der Waals surface area contributed by atoms with E-state index in [0.717, 1.165) is 30.4 Å². The van der Waals surface area contributed by atoms with Gasteiger partial charge >= 0.3 is 12.0 Å². The van der Waals surface area contributed by atoms with Crippen molar-refractivity contribution in [2.45, 2.75) is 78.5 Å². The number of aliphatic carboxylic acids is 1. The fraction of sp³-hybridized carbons (Fsp3) is 0.562. The SMILES string of the molecule is CCOc1cc([C@@H](C)N(CCCCc2ccccc2)C(=O)NC2CCOCC2C(=O)O)c(C)c(OCC)c1C(C)O. The van der Waals surface area contributed by atoms with E-state index in [4.69, 9.17) is 14.2 Å². The zero-order valence-corrected chi connectivity index (χ0v) is 25.0. The number of carbonyl (C=O) groups excluding carboxylic acids is 1. The van der Waals surface area contributed by atoms with Gasteiger partial charge in [-0.05, 0) is 83.1 Å². The Morgan fingerprint density at radius 3 is 2.46 bits per heavy atom. The Morgan fingerprint density at radius 1 is 1.12 bits per heavy atom. The summed E-state index contributed by atoms with van der Waals surface area (Å²) in [6.07, 6.45) is 2.19. The molecule has 0 saturated carbocycles. The minimum Gasteiger partial charge on any atom is -0.493 e. The van der Waals surface area contributed by atoms with Crippen LogP contribution in [0.25, 0.3) is 0 Å². The number of aryl methyl sites for hydroxylation is 1. The number of carboxylic acids is 1. The van der Waals surface area contributed by atoms with E-state index in [2.05, 4.69) is 17.4 Å². The number of carboxylic acid groups (broad SMARTS) is 1. The highest BCUT2D eigenvalue weighted by Gasteiger charge is 2.35. The van der Waals surface area contributed by atoms with Gasteiger partial charge in [-0.2, -0.15) is 0 Å². The van der Waals surface area contributed by atoms with Crippen molar-refractivity contribution in [3.8, 4) is 11.5 Å². The molecule has 0 aromatic heterocycles. The van der Waals surface area contributed by atoms with Gasteiger partial charge in [0.2, 0.25) is 0 Å². The summed E-state index contributed by atoms with van der Waals surface area (Å²) in [7, 11) is 0. The number of ether oxygens (including phenoxy) is 3. The number of hydrogen-bond acceptors (Lipinski definition) is 6. The first-order chi connectivity index (χ1) is 19.7. The molecule has 3 rings (SSSR count). The Morgan fingerprint density at radius 2 is 1.83 bits per heavy atom. The first-order valence-corrected chi connectivity index (χ1v) is 14.7. The summed E-state index contributed by atoms with van der Waals surface area (Å²) in [5.41, 5.74) is 3.51. The molecule has 41 heavy (non-hydrogen) atoms. The van der Waals surface area contributed by atoms with Gasteiger partial charge in [0.05, 0.1) is 37.5 Å². The second-order valence-electron chi connectivity index (χ2n) is 10.6. The molecule has 9 nitrogen and oxygen atoms in total. The third-order valence-corrected chi connectivity index (χ3v) is 7.69. The number of unbranched alkanes of at least 4 members (excludes halogenated alkanes) is 1. The van der Waals surface area contributed by atoms with Crippen LogP contribution in [0.4, 0.5) is 4.79 Å². The van der Waals surface area contributed by atoms with E-state index >= 15 is 0 Å². The standard InChI is InChI=1S/C32H46N2O7/c1-6-40-28-19-25(21(3)30(41-7-2)29(28)23(5)35)22(4)34(17-12-11-15-24-13-9-8-10-14-24)32(38)33-27-16-18-39-20-26(27)31(36)37/h8-10,13-14,19,22-23,26-27,35H,6-7,11-12,15-18,20H2,1-5H3,(H,33,38)(H,36,37)/t22-,23?,26?,27?/m1/s1. The summed E-state index contributed by atoms with van der Waals surface area (Å²) in [6, 6.07) is 10.9. The summed E-state index contributed by atoms with van der Waals surface area (Å²) in [5, 5.41) is 23.3. The van der Waals surface area contributed by atoms with Crippen molar-refractivity contribution in [2.24, 2.45) is 5.92 Å². The van der Waals surface area contributed by atoms with Crippen LogP contribution in [-0.2, 0) is 16.0 Å². The lowest BCUT2D eigenvalue weighted by Gasteiger charge is -2.35. The maximum Gasteiger partial charge on any atom is 0.318 e. The van der Waals surface area contributed by atoms with Crippen molar-refractivity contribution >= 4 is 12.0 Å². The summed E-state index contributed by atoms with van der Waals surface area (Å²) in [5.74, 6) is -0.692. The molecular weight excluding hydrogens is 524 g/mol. The summed E-state index contributed by atoms with van der Waals surface area (Å²) >= 11 is 0. The zero-order chi connectivity index (χ0) is 29.9. The number of benzene rings is 2. The molecule has 4 atom stereocenters. The van der Waals surface area contributed by atoms with Crippen LogP contribution in [0.15, 0.2) is 36.4 Å². The summed E-state index contributed by atoms with van der Waals surface area (Å²) in [4.78, 5) is 27.5. The number of rotatable bonds is 14. The highest BCUT2D eigenvalue weighted by molar-refractivity contribution is 5.77. The van der Waals surface area contributed by atoms with Gasteiger partial charge in [0.15, 0.2) is 0 Å². The molecule has 226 valence electrons. The van der Waals surface area contributed by atoms with Crippen LogP contribution in [0.5, 0.6) is 11.5 Å². The predicted octanol–water partition coefficient (Wildman–Crippen LogP) is 5.43. The van der Waals surface area contributed by atoms with Crippen LogP contribution in [0, 0.1) is 12.8 Å². The van der Waals surface area contributed by atoms with Crippen LogP contribution in [0.3, 0.4) is 0 Å². The number of urea groups is 1. The lowest BCUT2D eigenvalue weighted by atomic mass is 9.94. The molecule has 2 amide bonds. The molecule has 1 fully saturated rings. The van der Waals surface area contributed by atoms with E-state index in [0.29, 0.717) is 49.8 Å². The number of nitrogens with zero attached hydrogens (tertiary/aromatic N) is 1. The van der Waals surface area contributed by atoms with Crippen molar-refractivity contribution in [2.75, 3.05) is 33.0 Å². The molecule has 9 heteroatoms. The van der Waals surface area contributed by atoms with Crippen molar-refractivity contribution in [1.29, 1.82) is 0 Å². The molecule has 0 radical (unpaired) electrons. The topological polar surface area (TPSA) is 118 Å².